The molecule has 11 heteroatoms. The first-order valence-electron chi connectivity index (χ1n) is 11.6. The van der Waals surface area contributed by atoms with Crippen LogP contribution in [0.25, 0.3) is 0 Å². The van der Waals surface area contributed by atoms with Crippen LogP contribution in [0.2, 0.25) is 0 Å². The molecule has 9 nitrogen and oxygen atoms in total. The molecule has 1 fully saturated rings. The molecule has 1 heterocycles. The summed E-state index contributed by atoms with van der Waals surface area (Å²) in [6.07, 6.45) is 3.86. The summed E-state index contributed by atoms with van der Waals surface area (Å²) in [5.41, 5.74) is 1.39. The smallest absolute Gasteiger partial charge is 0.243 e. The fraction of sp³-hybridized carbons (Fsp3) is 0.458. The molecule has 2 aromatic rings. The average molecular weight is 524 g/mol. The lowest BCUT2D eigenvalue weighted by Crippen LogP contribution is -2.48. The summed E-state index contributed by atoms with van der Waals surface area (Å²) in [6.45, 7) is 4.80. The molecular weight excluding hydrogens is 490 g/mol. The van der Waals surface area contributed by atoms with Crippen LogP contribution in [-0.2, 0) is 24.8 Å². The molecule has 3 rings (SSSR count). The van der Waals surface area contributed by atoms with Gasteiger partial charge in [0, 0.05) is 13.1 Å². The first kappa shape index (κ1) is 27.0. The minimum absolute atomic E-state index is 0.139. The van der Waals surface area contributed by atoms with Gasteiger partial charge in [-0.05, 0) is 63.1 Å². The molecule has 1 amide bonds. The van der Waals surface area contributed by atoms with Crippen molar-refractivity contribution in [3.8, 4) is 5.75 Å². The molecule has 0 unspecified atom stereocenters. The molecule has 0 aliphatic carbocycles. The summed E-state index contributed by atoms with van der Waals surface area (Å²) >= 11 is 0. The fourth-order valence-corrected chi connectivity index (χ4v) is 6.65. The molecule has 1 saturated heterocycles. The number of hydrogen-bond donors (Lipinski definition) is 1. The van der Waals surface area contributed by atoms with E-state index in [0.29, 0.717) is 24.5 Å². The van der Waals surface area contributed by atoms with E-state index in [2.05, 4.69) is 5.32 Å². The Labute approximate surface area is 208 Å². The molecule has 2 aromatic carbocycles. The van der Waals surface area contributed by atoms with E-state index in [1.807, 2.05) is 6.92 Å². The van der Waals surface area contributed by atoms with Crippen LogP contribution in [0.15, 0.2) is 53.4 Å². The number of carbonyl (C=O) groups excluding carboxylic acids is 1. The van der Waals surface area contributed by atoms with E-state index < -0.39 is 32.0 Å². The number of nitrogens with zero attached hydrogens (tertiary/aromatic N) is 2. The van der Waals surface area contributed by atoms with Gasteiger partial charge >= 0.3 is 0 Å². The number of sulfonamides is 2. The van der Waals surface area contributed by atoms with Gasteiger partial charge in [-0.3, -0.25) is 9.10 Å². The van der Waals surface area contributed by atoms with E-state index in [-0.39, 0.29) is 18.0 Å². The molecule has 0 aromatic heterocycles. The summed E-state index contributed by atoms with van der Waals surface area (Å²) in [5.74, 6) is 0.0184. The van der Waals surface area contributed by atoms with Crippen LogP contribution in [0.3, 0.4) is 0 Å². The first-order valence-corrected chi connectivity index (χ1v) is 14.9. The minimum Gasteiger partial charge on any atom is -0.492 e. The molecule has 1 aliphatic rings. The van der Waals surface area contributed by atoms with Gasteiger partial charge in [0.15, 0.2) is 0 Å². The first-order chi connectivity index (χ1) is 16.5. The molecule has 1 atom stereocenters. The average Bonchev–Trinajstić information content (AvgIpc) is 2.83. The van der Waals surface area contributed by atoms with E-state index in [1.54, 1.807) is 36.4 Å². The lowest BCUT2D eigenvalue weighted by Gasteiger charge is -2.28. The zero-order valence-electron chi connectivity index (χ0n) is 20.3. The van der Waals surface area contributed by atoms with Crippen molar-refractivity contribution in [2.45, 2.75) is 44.0 Å². The van der Waals surface area contributed by atoms with Crippen LogP contribution in [-0.4, -0.2) is 65.6 Å². The second-order valence-electron chi connectivity index (χ2n) is 8.65. The van der Waals surface area contributed by atoms with Gasteiger partial charge in [-0.1, -0.05) is 24.1 Å². The zero-order valence-corrected chi connectivity index (χ0v) is 21.9. The molecule has 0 spiro atoms. The normalized spacial score (nSPS) is 15.9. The van der Waals surface area contributed by atoms with E-state index in [4.69, 9.17) is 4.74 Å². The number of anilines is 1. The van der Waals surface area contributed by atoms with Crippen molar-refractivity contribution in [2.24, 2.45) is 0 Å². The van der Waals surface area contributed by atoms with Crippen LogP contribution >= 0.6 is 0 Å². The third-order valence-corrected chi connectivity index (χ3v) is 8.98. The van der Waals surface area contributed by atoms with E-state index >= 15 is 0 Å². The molecule has 1 N–H and O–H groups in total. The van der Waals surface area contributed by atoms with Crippen LogP contribution in [0, 0.1) is 6.92 Å². The Morgan fingerprint density at radius 1 is 1.00 bits per heavy atom. The minimum atomic E-state index is -3.68. The highest BCUT2D eigenvalue weighted by Crippen LogP contribution is 2.23. The van der Waals surface area contributed by atoms with Crippen molar-refractivity contribution in [2.75, 3.05) is 36.8 Å². The van der Waals surface area contributed by atoms with Gasteiger partial charge in [-0.15, -0.1) is 0 Å². The van der Waals surface area contributed by atoms with E-state index in [1.165, 1.54) is 23.4 Å². The third kappa shape index (κ3) is 6.96. The highest BCUT2D eigenvalue weighted by molar-refractivity contribution is 7.92. The molecule has 192 valence electrons. The predicted molar refractivity (Wildman–Crippen MR) is 136 cm³/mol. The Hall–Kier alpha value is -2.63. The van der Waals surface area contributed by atoms with Crippen molar-refractivity contribution >= 4 is 31.6 Å². The number of hydrogen-bond acceptors (Lipinski definition) is 6. The number of amides is 1. The van der Waals surface area contributed by atoms with Crippen LogP contribution in [0.4, 0.5) is 5.69 Å². The summed E-state index contributed by atoms with van der Waals surface area (Å²) in [6, 6.07) is 12.2. The summed E-state index contributed by atoms with van der Waals surface area (Å²) in [7, 11) is -7.19. The second kappa shape index (κ2) is 11.4. The summed E-state index contributed by atoms with van der Waals surface area (Å²) in [5, 5.41) is 2.69. The van der Waals surface area contributed by atoms with Crippen molar-refractivity contribution in [1.29, 1.82) is 0 Å². The lowest BCUT2D eigenvalue weighted by atomic mass is 10.2. The number of benzene rings is 2. The number of nitrogens with one attached hydrogen (secondary N) is 1. The molecular formula is C24H33N3O6S2. The van der Waals surface area contributed by atoms with Crippen molar-refractivity contribution in [3.63, 3.8) is 0 Å². The highest BCUT2D eigenvalue weighted by Gasteiger charge is 2.29. The van der Waals surface area contributed by atoms with Gasteiger partial charge in [-0.25, -0.2) is 16.8 Å². The van der Waals surface area contributed by atoms with E-state index in [0.717, 1.165) is 35.4 Å². The van der Waals surface area contributed by atoms with Crippen LogP contribution < -0.4 is 14.4 Å². The van der Waals surface area contributed by atoms with Crippen LogP contribution in [0.5, 0.6) is 5.75 Å². The number of piperidine rings is 1. The zero-order chi connectivity index (χ0) is 25.6. The molecule has 1 aliphatic heterocycles. The van der Waals surface area contributed by atoms with Gasteiger partial charge in [0.2, 0.25) is 26.0 Å². The van der Waals surface area contributed by atoms with Gasteiger partial charge in [0.05, 0.1) is 23.4 Å². The van der Waals surface area contributed by atoms with Gasteiger partial charge in [-0.2, -0.15) is 4.31 Å². The predicted octanol–water partition coefficient (Wildman–Crippen LogP) is 2.52. The maximum atomic E-state index is 12.7. The third-order valence-electron chi connectivity index (χ3n) is 5.82. The van der Waals surface area contributed by atoms with Gasteiger partial charge in [0.25, 0.3) is 0 Å². The molecule has 0 radical (unpaired) electrons. The maximum Gasteiger partial charge on any atom is 0.243 e. The number of aryl methyl sites for hydroxylation is 1. The largest absolute Gasteiger partial charge is 0.492 e. The number of ether oxygens (including phenoxy) is 1. The topological polar surface area (TPSA) is 113 Å². The Morgan fingerprint density at radius 2 is 1.60 bits per heavy atom. The Kier molecular flexibility index (Phi) is 8.79. The summed E-state index contributed by atoms with van der Waals surface area (Å²) in [4.78, 5) is 12.9. The van der Waals surface area contributed by atoms with E-state index in [9.17, 15) is 21.6 Å². The maximum absolute atomic E-state index is 12.7. The Morgan fingerprint density at radius 3 is 2.17 bits per heavy atom. The second-order valence-corrected chi connectivity index (χ2v) is 12.4. The Bertz CT molecular complexity index is 1210. The fourth-order valence-electron chi connectivity index (χ4n) is 3.95. The van der Waals surface area contributed by atoms with Gasteiger partial charge in [0.1, 0.15) is 18.4 Å². The molecule has 35 heavy (non-hydrogen) atoms. The van der Waals surface area contributed by atoms with Gasteiger partial charge < -0.3 is 10.1 Å². The lowest BCUT2D eigenvalue weighted by molar-refractivity contribution is -0.121. The quantitative estimate of drug-likeness (QED) is 0.479. The molecule has 0 bridgehead atoms. The Balaban J connectivity index is 1.53. The SMILES string of the molecule is Cc1ccc(N([C@@H](C)C(=O)NCCOc2ccc(S(=O)(=O)N3CCCCC3)cc2)S(C)(=O)=O)cc1. The van der Waals surface area contributed by atoms with Crippen molar-refractivity contribution in [1.82, 2.24) is 9.62 Å². The van der Waals surface area contributed by atoms with Crippen LogP contribution in [0.1, 0.15) is 31.7 Å². The standard InChI is InChI=1S/C24H33N3O6S2/c1-19-7-9-21(10-8-19)27(34(3,29)30)20(2)24(28)25-15-18-33-22-11-13-23(14-12-22)35(31,32)26-16-5-4-6-17-26/h7-14,20H,4-6,15-18H2,1-3H3,(H,25,28)/t20-/m0/s1. The van der Waals surface area contributed by atoms with Crippen molar-refractivity contribution < 1.29 is 26.4 Å². The molecule has 0 saturated carbocycles. The van der Waals surface area contributed by atoms with Crippen molar-refractivity contribution in [3.05, 3.63) is 54.1 Å². The monoisotopic (exact) mass is 523 g/mol. The number of rotatable bonds is 10. The summed E-state index contributed by atoms with van der Waals surface area (Å²) < 4.78 is 58.4. The highest BCUT2D eigenvalue weighted by atomic mass is 32.2. The number of carbonyl (C=O) groups is 1.